The first-order chi connectivity index (χ1) is 14.0. The summed E-state index contributed by atoms with van der Waals surface area (Å²) in [6.45, 7) is 9.90. The number of ether oxygens (including phenoxy) is 1. The molecule has 7 nitrogen and oxygen atoms in total. The minimum absolute atomic E-state index is 0.0123. The molecule has 0 saturated carbocycles. The van der Waals surface area contributed by atoms with Crippen LogP contribution in [0.25, 0.3) is 0 Å². The van der Waals surface area contributed by atoms with Gasteiger partial charge in [-0.25, -0.2) is 4.79 Å². The van der Waals surface area contributed by atoms with Gasteiger partial charge in [0, 0.05) is 51.8 Å². The maximum atomic E-state index is 13.1. The summed E-state index contributed by atoms with van der Waals surface area (Å²) in [6.07, 6.45) is 6.62. The van der Waals surface area contributed by atoms with Gasteiger partial charge in [0.15, 0.2) is 0 Å². The van der Waals surface area contributed by atoms with E-state index in [0.29, 0.717) is 39.4 Å². The summed E-state index contributed by atoms with van der Waals surface area (Å²) in [5.41, 5.74) is 1.09. The molecule has 0 aliphatic heterocycles. The number of carbonyl (C=O) groups excluding carboxylic acids is 2. The molecule has 0 spiro atoms. The van der Waals surface area contributed by atoms with Gasteiger partial charge in [-0.2, -0.15) is 0 Å². The molecule has 0 saturated heterocycles. The SMILES string of the molecule is CCCCNC(=O)N(CCCOCC)CC(=O)N(CCCC)Cc1cccn1C. The zero-order chi connectivity index (χ0) is 21.5. The third-order valence-electron chi connectivity index (χ3n) is 4.88. The Morgan fingerprint density at radius 3 is 2.41 bits per heavy atom. The van der Waals surface area contributed by atoms with Crippen LogP contribution in [0.4, 0.5) is 4.79 Å². The summed E-state index contributed by atoms with van der Waals surface area (Å²) in [4.78, 5) is 29.2. The summed E-state index contributed by atoms with van der Waals surface area (Å²) >= 11 is 0. The number of hydrogen-bond donors (Lipinski definition) is 1. The number of aromatic nitrogens is 1. The molecule has 166 valence electrons. The highest BCUT2D eigenvalue weighted by molar-refractivity contribution is 5.84. The molecule has 0 aliphatic rings. The third kappa shape index (κ3) is 9.83. The zero-order valence-corrected chi connectivity index (χ0v) is 18.8. The molecular formula is C22H40N4O3. The van der Waals surface area contributed by atoms with Crippen LogP contribution in [0.15, 0.2) is 18.3 Å². The van der Waals surface area contributed by atoms with Crippen molar-refractivity contribution in [3.63, 3.8) is 0 Å². The second-order valence-electron chi connectivity index (χ2n) is 7.34. The molecule has 1 heterocycles. The van der Waals surface area contributed by atoms with Gasteiger partial charge >= 0.3 is 6.03 Å². The molecule has 1 rings (SSSR count). The van der Waals surface area contributed by atoms with Gasteiger partial charge in [-0.3, -0.25) is 4.79 Å². The van der Waals surface area contributed by atoms with Crippen molar-refractivity contribution in [1.82, 2.24) is 19.7 Å². The van der Waals surface area contributed by atoms with E-state index < -0.39 is 0 Å². The Labute approximate surface area is 176 Å². The smallest absolute Gasteiger partial charge is 0.317 e. The van der Waals surface area contributed by atoms with Crippen molar-refractivity contribution in [2.45, 2.75) is 59.4 Å². The molecule has 3 amide bonds. The molecule has 0 unspecified atom stereocenters. The van der Waals surface area contributed by atoms with Crippen LogP contribution in [-0.2, 0) is 23.1 Å². The normalized spacial score (nSPS) is 10.8. The van der Waals surface area contributed by atoms with Crippen LogP contribution < -0.4 is 5.32 Å². The highest BCUT2D eigenvalue weighted by Crippen LogP contribution is 2.08. The van der Waals surface area contributed by atoms with E-state index >= 15 is 0 Å². The number of amides is 3. The van der Waals surface area contributed by atoms with E-state index in [1.54, 1.807) is 4.90 Å². The van der Waals surface area contributed by atoms with Gasteiger partial charge in [0.1, 0.15) is 6.54 Å². The maximum Gasteiger partial charge on any atom is 0.317 e. The van der Waals surface area contributed by atoms with Crippen LogP contribution in [0.1, 0.15) is 58.6 Å². The molecular weight excluding hydrogens is 368 g/mol. The summed E-state index contributed by atoms with van der Waals surface area (Å²) in [6, 6.07) is 3.85. The number of nitrogens with zero attached hydrogens (tertiary/aromatic N) is 3. The van der Waals surface area contributed by atoms with Crippen LogP contribution in [0.3, 0.4) is 0 Å². The average Bonchev–Trinajstić information content (AvgIpc) is 3.11. The molecule has 0 aromatic carbocycles. The van der Waals surface area contributed by atoms with Crippen molar-refractivity contribution in [2.24, 2.45) is 7.05 Å². The van der Waals surface area contributed by atoms with Crippen LogP contribution >= 0.6 is 0 Å². The zero-order valence-electron chi connectivity index (χ0n) is 18.8. The number of urea groups is 1. The second kappa shape index (κ2) is 14.9. The van der Waals surface area contributed by atoms with Gasteiger partial charge in [-0.15, -0.1) is 0 Å². The van der Waals surface area contributed by atoms with Crippen molar-refractivity contribution < 1.29 is 14.3 Å². The largest absolute Gasteiger partial charge is 0.382 e. The van der Waals surface area contributed by atoms with E-state index in [2.05, 4.69) is 19.2 Å². The number of aryl methyl sites for hydroxylation is 1. The lowest BCUT2D eigenvalue weighted by molar-refractivity contribution is -0.132. The minimum Gasteiger partial charge on any atom is -0.382 e. The van der Waals surface area contributed by atoms with Gasteiger partial charge in [0.2, 0.25) is 5.91 Å². The predicted octanol–water partition coefficient (Wildman–Crippen LogP) is 3.39. The highest BCUT2D eigenvalue weighted by Gasteiger charge is 2.21. The Balaban J connectivity index is 2.76. The molecule has 1 aromatic heterocycles. The molecule has 0 fully saturated rings. The number of unbranched alkanes of at least 4 members (excludes halogenated alkanes) is 2. The van der Waals surface area contributed by atoms with E-state index in [9.17, 15) is 9.59 Å². The Kier molecular flexibility index (Phi) is 12.9. The summed E-state index contributed by atoms with van der Waals surface area (Å²) in [7, 11) is 1.99. The maximum absolute atomic E-state index is 13.1. The average molecular weight is 409 g/mol. The summed E-state index contributed by atoms with van der Waals surface area (Å²) in [5.74, 6) is -0.0123. The Morgan fingerprint density at radius 1 is 1.07 bits per heavy atom. The van der Waals surface area contributed by atoms with Crippen LogP contribution in [-0.4, -0.2) is 65.7 Å². The molecule has 7 heteroatoms. The van der Waals surface area contributed by atoms with E-state index in [4.69, 9.17) is 4.74 Å². The molecule has 1 aromatic rings. The molecule has 0 radical (unpaired) electrons. The monoisotopic (exact) mass is 408 g/mol. The quantitative estimate of drug-likeness (QED) is 0.452. The molecule has 1 N–H and O–H groups in total. The van der Waals surface area contributed by atoms with Gasteiger partial charge in [0.25, 0.3) is 0 Å². The summed E-state index contributed by atoms with van der Waals surface area (Å²) in [5, 5.41) is 2.94. The van der Waals surface area contributed by atoms with E-state index in [0.717, 1.165) is 37.8 Å². The molecule has 0 atom stereocenters. The van der Waals surface area contributed by atoms with Crippen LogP contribution in [0.5, 0.6) is 0 Å². The molecule has 0 bridgehead atoms. The van der Waals surface area contributed by atoms with Gasteiger partial charge in [-0.05, 0) is 38.3 Å². The van der Waals surface area contributed by atoms with Crippen LogP contribution in [0.2, 0.25) is 0 Å². The second-order valence-corrected chi connectivity index (χ2v) is 7.34. The number of nitrogens with one attached hydrogen (secondary N) is 1. The Bertz CT molecular complexity index is 588. The van der Waals surface area contributed by atoms with Gasteiger partial charge in [-0.1, -0.05) is 26.7 Å². The minimum atomic E-state index is -0.169. The van der Waals surface area contributed by atoms with Crippen molar-refractivity contribution in [2.75, 3.05) is 39.4 Å². The molecule has 29 heavy (non-hydrogen) atoms. The van der Waals surface area contributed by atoms with Crippen molar-refractivity contribution in [3.8, 4) is 0 Å². The molecule has 0 aliphatic carbocycles. The van der Waals surface area contributed by atoms with Crippen molar-refractivity contribution in [1.29, 1.82) is 0 Å². The van der Waals surface area contributed by atoms with Crippen molar-refractivity contribution in [3.05, 3.63) is 24.0 Å². The topological polar surface area (TPSA) is 66.8 Å². The van der Waals surface area contributed by atoms with Crippen LogP contribution in [0, 0.1) is 0 Å². The lowest BCUT2D eigenvalue weighted by Crippen LogP contribution is -2.47. The lowest BCUT2D eigenvalue weighted by atomic mass is 10.2. The first-order valence-corrected chi connectivity index (χ1v) is 11.0. The van der Waals surface area contributed by atoms with E-state index in [1.165, 1.54) is 0 Å². The fraction of sp³-hybridized carbons (Fsp3) is 0.727. The lowest BCUT2D eigenvalue weighted by Gasteiger charge is -2.28. The van der Waals surface area contributed by atoms with E-state index in [1.807, 2.05) is 41.8 Å². The Morgan fingerprint density at radius 2 is 1.79 bits per heavy atom. The number of hydrogen-bond acceptors (Lipinski definition) is 3. The number of rotatable bonds is 15. The highest BCUT2D eigenvalue weighted by atomic mass is 16.5. The number of carbonyl (C=O) groups is 2. The fourth-order valence-corrected chi connectivity index (χ4v) is 3.00. The Hall–Kier alpha value is -2.02. The van der Waals surface area contributed by atoms with Gasteiger partial charge in [0.05, 0.1) is 6.54 Å². The third-order valence-corrected chi connectivity index (χ3v) is 4.88. The van der Waals surface area contributed by atoms with Gasteiger partial charge < -0.3 is 24.4 Å². The first-order valence-electron chi connectivity index (χ1n) is 11.0. The summed E-state index contributed by atoms with van der Waals surface area (Å²) < 4.78 is 7.43. The standard InChI is InChI=1S/C22H40N4O3/c1-5-8-13-23-22(28)26(16-11-17-29-7-3)19-21(27)25(15-9-6-2)18-20-12-10-14-24(20)4/h10,12,14H,5-9,11,13,15-19H2,1-4H3,(H,23,28). The predicted molar refractivity (Wildman–Crippen MR) is 117 cm³/mol. The fourth-order valence-electron chi connectivity index (χ4n) is 3.00. The van der Waals surface area contributed by atoms with E-state index in [-0.39, 0.29) is 18.5 Å². The van der Waals surface area contributed by atoms with Crippen molar-refractivity contribution >= 4 is 11.9 Å². The first kappa shape index (κ1) is 25.0.